The Morgan fingerprint density at radius 1 is 1.17 bits per heavy atom. The molecule has 2 N–H and O–H groups in total. The molecule has 116 valence electrons. The van der Waals surface area contributed by atoms with Crippen LogP contribution in [0.4, 0.5) is 11.4 Å². The first-order chi connectivity index (χ1) is 11.0. The number of para-hydroxylation sites is 1. The van der Waals surface area contributed by atoms with E-state index in [1.165, 1.54) is 6.20 Å². The number of halogens is 2. The summed E-state index contributed by atoms with van der Waals surface area (Å²) in [6.45, 7) is 1.87. The molecule has 0 aliphatic rings. The van der Waals surface area contributed by atoms with Crippen molar-refractivity contribution in [2.75, 3.05) is 10.6 Å². The molecule has 0 radical (unpaired) electrons. The van der Waals surface area contributed by atoms with Gasteiger partial charge in [0.1, 0.15) is 11.6 Å². The van der Waals surface area contributed by atoms with Crippen molar-refractivity contribution < 1.29 is 4.79 Å². The SMILES string of the molecule is Cc1ccccc1NC(=O)/C(C#N)=C\Nc1ccc(Cl)cc1Cl. The van der Waals surface area contributed by atoms with Crippen LogP contribution in [0.25, 0.3) is 0 Å². The first kappa shape index (κ1) is 16.9. The van der Waals surface area contributed by atoms with E-state index >= 15 is 0 Å². The molecule has 0 spiro atoms. The fraction of sp³-hybridized carbons (Fsp3) is 0.0588. The van der Waals surface area contributed by atoms with E-state index in [0.717, 1.165) is 5.56 Å². The number of rotatable bonds is 4. The largest absolute Gasteiger partial charge is 0.359 e. The highest BCUT2D eigenvalue weighted by Gasteiger charge is 2.10. The van der Waals surface area contributed by atoms with Gasteiger partial charge in [0, 0.05) is 16.9 Å². The molecule has 23 heavy (non-hydrogen) atoms. The summed E-state index contributed by atoms with van der Waals surface area (Å²) < 4.78 is 0. The van der Waals surface area contributed by atoms with Crippen LogP contribution in [0.1, 0.15) is 5.56 Å². The fourth-order valence-electron chi connectivity index (χ4n) is 1.81. The van der Waals surface area contributed by atoms with E-state index in [0.29, 0.717) is 21.4 Å². The Bertz CT molecular complexity index is 810. The number of nitrogens with zero attached hydrogens (tertiary/aromatic N) is 1. The number of hydrogen-bond acceptors (Lipinski definition) is 3. The summed E-state index contributed by atoms with van der Waals surface area (Å²) in [5, 5.41) is 15.6. The zero-order valence-corrected chi connectivity index (χ0v) is 13.7. The highest BCUT2D eigenvalue weighted by molar-refractivity contribution is 6.36. The zero-order valence-electron chi connectivity index (χ0n) is 12.2. The van der Waals surface area contributed by atoms with Gasteiger partial charge >= 0.3 is 0 Å². The van der Waals surface area contributed by atoms with Crippen molar-refractivity contribution in [1.82, 2.24) is 0 Å². The minimum absolute atomic E-state index is 0.0701. The molecular formula is C17H13Cl2N3O. The number of amides is 1. The lowest BCUT2D eigenvalue weighted by Gasteiger charge is -2.08. The van der Waals surface area contributed by atoms with E-state index in [1.807, 2.05) is 31.2 Å². The quantitative estimate of drug-likeness (QED) is 0.620. The van der Waals surface area contributed by atoms with Crippen molar-refractivity contribution in [3.63, 3.8) is 0 Å². The van der Waals surface area contributed by atoms with Crippen molar-refractivity contribution in [2.45, 2.75) is 6.92 Å². The summed E-state index contributed by atoms with van der Waals surface area (Å²) >= 11 is 11.8. The molecule has 0 unspecified atom stereocenters. The maximum absolute atomic E-state index is 12.2. The van der Waals surface area contributed by atoms with Crippen LogP contribution in [0, 0.1) is 18.3 Å². The Labute approximate surface area is 144 Å². The molecule has 2 aromatic rings. The second kappa shape index (κ2) is 7.68. The molecule has 0 aliphatic heterocycles. The lowest BCUT2D eigenvalue weighted by molar-refractivity contribution is -0.112. The Hall–Kier alpha value is -2.48. The summed E-state index contributed by atoms with van der Waals surface area (Å²) in [6.07, 6.45) is 1.31. The standard InChI is InChI=1S/C17H13Cl2N3O/c1-11-4-2-3-5-15(11)22-17(23)12(9-20)10-21-16-7-6-13(18)8-14(16)19/h2-8,10,21H,1H3,(H,22,23)/b12-10-. The summed E-state index contributed by atoms with van der Waals surface area (Å²) in [7, 11) is 0. The number of benzene rings is 2. The van der Waals surface area contributed by atoms with E-state index in [9.17, 15) is 4.79 Å². The van der Waals surface area contributed by atoms with Gasteiger partial charge in [-0.3, -0.25) is 4.79 Å². The third kappa shape index (κ3) is 4.49. The highest BCUT2D eigenvalue weighted by atomic mass is 35.5. The molecule has 0 aromatic heterocycles. The number of anilines is 2. The van der Waals surface area contributed by atoms with Gasteiger partial charge in [0.05, 0.1) is 10.7 Å². The number of nitriles is 1. The van der Waals surface area contributed by atoms with Crippen LogP contribution in [-0.4, -0.2) is 5.91 Å². The van der Waals surface area contributed by atoms with Gasteiger partial charge in [0.15, 0.2) is 0 Å². The summed E-state index contributed by atoms with van der Waals surface area (Å²) in [5.41, 5.74) is 2.04. The predicted molar refractivity (Wildman–Crippen MR) is 93.6 cm³/mol. The highest BCUT2D eigenvalue weighted by Crippen LogP contribution is 2.25. The molecule has 0 aliphatic carbocycles. The monoisotopic (exact) mass is 345 g/mol. The van der Waals surface area contributed by atoms with Crippen molar-refractivity contribution in [3.05, 3.63) is 69.8 Å². The maximum atomic E-state index is 12.2. The average Bonchev–Trinajstić information content (AvgIpc) is 2.52. The van der Waals surface area contributed by atoms with E-state index < -0.39 is 5.91 Å². The Morgan fingerprint density at radius 2 is 1.91 bits per heavy atom. The maximum Gasteiger partial charge on any atom is 0.267 e. The van der Waals surface area contributed by atoms with Crippen LogP contribution in [0.3, 0.4) is 0 Å². The van der Waals surface area contributed by atoms with Crippen LogP contribution >= 0.6 is 23.2 Å². The van der Waals surface area contributed by atoms with Crippen LogP contribution in [-0.2, 0) is 4.79 Å². The number of carbonyl (C=O) groups is 1. The van der Waals surface area contributed by atoms with Crippen LogP contribution < -0.4 is 10.6 Å². The van der Waals surface area contributed by atoms with Gasteiger partial charge in [-0.25, -0.2) is 0 Å². The normalized spacial score (nSPS) is 10.8. The first-order valence-electron chi connectivity index (χ1n) is 6.70. The summed E-state index contributed by atoms with van der Waals surface area (Å²) in [4.78, 5) is 12.2. The summed E-state index contributed by atoms with van der Waals surface area (Å²) in [6, 6.07) is 14.1. The molecular weight excluding hydrogens is 333 g/mol. The molecule has 0 bridgehead atoms. The minimum atomic E-state index is -0.501. The lowest BCUT2D eigenvalue weighted by atomic mass is 10.2. The summed E-state index contributed by atoms with van der Waals surface area (Å²) in [5.74, 6) is -0.501. The smallest absolute Gasteiger partial charge is 0.267 e. The van der Waals surface area contributed by atoms with Crippen molar-refractivity contribution >= 4 is 40.5 Å². The minimum Gasteiger partial charge on any atom is -0.359 e. The van der Waals surface area contributed by atoms with E-state index in [1.54, 1.807) is 24.3 Å². The molecule has 1 amide bonds. The Morgan fingerprint density at radius 3 is 2.57 bits per heavy atom. The van der Waals surface area contributed by atoms with Crippen molar-refractivity contribution in [2.24, 2.45) is 0 Å². The third-order valence-electron chi connectivity index (χ3n) is 3.06. The zero-order chi connectivity index (χ0) is 16.8. The van der Waals surface area contributed by atoms with Crippen molar-refractivity contribution in [3.8, 4) is 6.07 Å². The molecule has 0 fully saturated rings. The second-order valence-electron chi connectivity index (χ2n) is 4.71. The number of nitrogens with one attached hydrogen (secondary N) is 2. The van der Waals surface area contributed by atoms with Crippen LogP contribution in [0.15, 0.2) is 54.2 Å². The van der Waals surface area contributed by atoms with Gasteiger partial charge in [-0.05, 0) is 36.8 Å². The van der Waals surface area contributed by atoms with E-state index in [2.05, 4.69) is 10.6 Å². The van der Waals surface area contributed by atoms with Gasteiger partial charge in [0.2, 0.25) is 0 Å². The van der Waals surface area contributed by atoms with Crippen LogP contribution in [0.2, 0.25) is 10.0 Å². The van der Waals surface area contributed by atoms with Gasteiger partial charge < -0.3 is 10.6 Å². The third-order valence-corrected chi connectivity index (χ3v) is 3.61. The molecule has 2 rings (SSSR count). The van der Waals surface area contributed by atoms with Crippen molar-refractivity contribution in [1.29, 1.82) is 5.26 Å². The Kier molecular flexibility index (Phi) is 5.64. The number of carbonyl (C=O) groups excluding carboxylic acids is 1. The second-order valence-corrected chi connectivity index (χ2v) is 5.55. The number of aryl methyl sites for hydroxylation is 1. The molecule has 2 aromatic carbocycles. The van der Waals surface area contributed by atoms with Crippen LogP contribution in [0.5, 0.6) is 0 Å². The van der Waals surface area contributed by atoms with Gasteiger partial charge in [-0.1, -0.05) is 41.4 Å². The molecule has 0 atom stereocenters. The average molecular weight is 346 g/mol. The molecule has 0 saturated carbocycles. The topological polar surface area (TPSA) is 64.9 Å². The first-order valence-corrected chi connectivity index (χ1v) is 7.45. The molecule has 6 heteroatoms. The lowest BCUT2D eigenvalue weighted by Crippen LogP contribution is -2.15. The molecule has 0 heterocycles. The van der Waals surface area contributed by atoms with E-state index in [-0.39, 0.29) is 5.57 Å². The molecule has 4 nitrogen and oxygen atoms in total. The predicted octanol–water partition coefficient (Wildman–Crippen LogP) is 4.76. The molecule has 0 saturated heterocycles. The fourth-order valence-corrected chi connectivity index (χ4v) is 2.27. The van der Waals surface area contributed by atoms with Gasteiger partial charge in [-0.15, -0.1) is 0 Å². The number of hydrogen-bond donors (Lipinski definition) is 2. The van der Waals surface area contributed by atoms with E-state index in [4.69, 9.17) is 28.5 Å². The van der Waals surface area contributed by atoms with Gasteiger partial charge in [0.25, 0.3) is 5.91 Å². The van der Waals surface area contributed by atoms with Gasteiger partial charge in [-0.2, -0.15) is 5.26 Å². The Balaban J connectivity index is 2.14.